The number of esters is 1. The molecule has 1 saturated heterocycles. The number of hydrogen-bond acceptors (Lipinski definition) is 6. The van der Waals surface area contributed by atoms with Crippen LogP contribution in [0.2, 0.25) is 0 Å². The van der Waals surface area contributed by atoms with Crippen LogP contribution in [0, 0.1) is 0 Å². The summed E-state index contributed by atoms with van der Waals surface area (Å²) in [6, 6.07) is 10.1. The fourth-order valence-corrected chi connectivity index (χ4v) is 3.12. The number of nitrogens with zero attached hydrogens (tertiary/aromatic N) is 2. The molecule has 0 aliphatic carbocycles. The predicted octanol–water partition coefficient (Wildman–Crippen LogP) is 2.19. The van der Waals surface area contributed by atoms with Gasteiger partial charge in [0.15, 0.2) is 11.2 Å². The van der Waals surface area contributed by atoms with Gasteiger partial charge in [-0.3, -0.25) is 0 Å². The van der Waals surface area contributed by atoms with Gasteiger partial charge in [0, 0.05) is 17.5 Å². The van der Waals surface area contributed by atoms with Gasteiger partial charge < -0.3 is 14.4 Å². The number of aromatic nitrogens is 1. The van der Waals surface area contributed by atoms with E-state index in [4.69, 9.17) is 9.47 Å². The maximum absolute atomic E-state index is 11.6. The van der Waals surface area contributed by atoms with Gasteiger partial charge in [-0.1, -0.05) is 30.3 Å². The summed E-state index contributed by atoms with van der Waals surface area (Å²) < 4.78 is 10.2. The van der Waals surface area contributed by atoms with Crippen LogP contribution in [-0.2, 0) is 14.3 Å². The molecule has 6 heteroatoms. The fraction of sp³-hybridized carbons (Fsp3) is 0.333. The van der Waals surface area contributed by atoms with E-state index in [9.17, 15) is 4.79 Å². The molecule has 1 aromatic heterocycles. The minimum Gasteiger partial charge on any atom is -0.467 e. The van der Waals surface area contributed by atoms with E-state index < -0.39 is 6.10 Å². The van der Waals surface area contributed by atoms with Crippen LogP contribution in [0.5, 0.6) is 0 Å². The molecule has 0 saturated carbocycles. The topological polar surface area (TPSA) is 51.7 Å². The van der Waals surface area contributed by atoms with Crippen molar-refractivity contribution in [2.75, 3.05) is 31.7 Å². The van der Waals surface area contributed by atoms with Gasteiger partial charge in [0.2, 0.25) is 0 Å². The van der Waals surface area contributed by atoms with E-state index >= 15 is 0 Å². The van der Waals surface area contributed by atoms with Crippen molar-refractivity contribution in [3.8, 4) is 11.3 Å². The van der Waals surface area contributed by atoms with Crippen LogP contribution < -0.4 is 4.90 Å². The zero-order chi connectivity index (χ0) is 14.7. The van der Waals surface area contributed by atoms with Crippen molar-refractivity contribution in [1.29, 1.82) is 0 Å². The Bertz CT molecular complexity index is 614. The molecule has 3 rings (SSSR count). The first kappa shape index (κ1) is 14.0. The Morgan fingerprint density at radius 2 is 2.24 bits per heavy atom. The highest BCUT2D eigenvalue weighted by Gasteiger charge is 2.28. The maximum Gasteiger partial charge on any atom is 0.336 e. The summed E-state index contributed by atoms with van der Waals surface area (Å²) in [7, 11) is 1.38. The molecule has 0 amide bonds. The molecule has 5 nitrogen and oxygen atoms in total. The third kappa shape index (κ3) is 3.06. The van der Waals surface area contributed by atoms with Crippen molar-refractivity contribution in [2.45, 2.75) is 6.10 Å². The van der Waals surface area contributed by atoms with Crippen molar-refractivity contribution in [2.24, 2.45) is 0 Å². The smallest absolute Gasteiger partial charge is 0.336 e. The number of carbonyl (C=O) groups excluding carboxylic acids is 1. The van der Waals surface area contributed by atoms with Crippen LogP contribution in [0.15, 0.2) is 35.7 Å². The normalized spacial score (nSPS) is 18.5. The quantitative estimate of drug-likeness (QED) is 0.814. The number of methoxy groups -OCH3 is 1. The van der Waals surface area contributed by atoms with Crippen molar-refractivity contribution >= 4 is 22.4 Å². The molecule has 1 aliphatic rings. The lowest BCUT2D eigenvalue weighted by Gasteiger charge is -2.31. The van der Waals surface area contributed by atoms with Crippen molar-refractivity contribution in [1.82, 2.24) is 4.98 Å². The average molecular weight is 304 g/mol. The SMILES string of the molecule is COC(=O)C1CN(c2nc(-c3ccccc3)cs2)CCO1. The molecule has 0 radical (unpaired) electrons. The summed E-state index contributed by atoms with van der Waals surface area (Å²) in [5.74, 6) is -0.334. The number of hydrogen-bond donors (Lipinski definition) is 0. The maximum atomic E-state index is 11.6. The van der Waals surface area contributed by atoms with E-state index in [-0.39, 0.29) is 5.97 Å². The molecule has 1 aliphatic heterocycles. The van der Waals surface area contributed by atoms with Crippen LogP contribution in [0.4, 0.5) is 5.13 Å². The highest BCUT2D eigenvalue weighted by molar-refractivity contribution is 7.14. The third-order valence-corrected chi connectivity index (χ3v) is 4.26. The van der Waals surface area contributed by atoms with E-state index in [1.54, 1.807) is 11.3 Å². The summed E-state index contributed by atoms with van der Waals surface area (Å²) in [6.45, 7) is 1.71. The van der Waals surface area contributed by atoms with Gasteiger partial charge in [-0.25, -0.2) is 9.78 Å². The van der Waals surface area contributed by atoms with E-state index in [1.807, 2.05) is 35.7 Å². The van der Waals surface area contributed by atoms with Gasteiger partial charge in [0.25, 0.3) is 0 Å². The van der Waals surface area contributed by atoms with Crippen molar-refractivity contribution < 1.29 is 14.3 Å². The zero-order valence-electron chi connectivity index (χ0n) is 11.7. The summed E-state index contributed by atoms with van der Waals surface area (Å²) >= 11 is 1.58. The molecule has 2 heterocycles. The molecule has 1 fully saturated rings. The van der Waals surface area contributed by atoms with Gasteiger partial charge in [-0.15, -0.1) is 11.3 Å². The molecule has 110 valence electrons. The first-order chi connectivity index (χ1) is 10.3. The molecule has 0 N–H and O–H groups in total. The Kier molecular flexibility index (Phi) is 4.17. The lowest BCUT2D eigenvalue weighted by molar-refractivity contribution is -0.154. The van der Waals surface area contributed by atoms with Gasteiger partial charge in [-0.05, 0) is 0 Å². The number of ether oxygens (including phenoxy) is 2. The number of thiazole rings is 1. The Labute approximate surface area is 127 Å². The van der Waals surface area contributed by atoms with E-state index in [2.05, 4.69) is 9.88 Å². The second kappa shape index (κ2) is 6.24. The van der Waals surface area contributed by atoms with Crippen LogP contribution >= 0.6 is 11.3 Å². The molecule has 0 bridgehead atoms. The predicted molar refractivity (Wildman–Crippen MR) is 81.5 cm³/mol. The van der Waals surface area contributed by atoms with Crippen LogP contribution in [-0.4, -0.2) is 43.9 Å². The summed E-state index contributed by atoms with van der Waals surface area (Å²) in [5.41, 5.74) is 2.05. The second-order valence-electron chi connectivity index (χ2n) is 4.71. The minimum atomic E-state index is -0.534. The van der Waals surface area contributed by atoms with Crippen molar-refractivity contribution in [3.63, 3.8) is 0 Å². The number of anilines is 1. The molecule has 21 heavy (non-hydrogen) atoms. The zero-order valence-corrected chi connectivity index (χ0v) is 12.5. The molecule has 2 aromatic rings. The first-order valence-corrected chi connectivity index (χ1v) is 7.61. The van der Waals surface area contributed by atoms with Crippen LogP contribution in [0.25, 0.3) is 11.3 Å². The Morgan fingerprint density at radius 1 is 1.43 bits per heavy atom. The lowest BCUT2D eigenvalue weighted by Crippen LogP contribution is -2.46. The molecule has 0 spiro atoms. The van der Waals surface area contributed by atoms with E-state index in [0.29, 0.717) is 13.2 Å². The minimum absolute atomic E-state index is 0.334. The van der Waals surface area contributed by atoms with Crippen molar-refractivity contribution in [3.05, 3.63) is 35.7 Å². The van der Waals surface area contributed by atoms with Gasteiger partial charge >= 0.3 is 5.97 Å². The molecular formula is C15H16N2O3S. The summed E-state index contributed by atoms with van der Waals surface area (Å²) in [5, 5.41) is 2.94. The largest absolute Gasteiger partial charge is 0.467 e. The average Bonchev–Trinajstić information content (AvgIpc) is 3.05. The third-order valence-electron chi connectivity index (χ3n) is 3.36. The van der Waals surface area contributed by atoms with Gasteiger partial charge in [0.05, 0.1) is 26.0 Å². The Hall–Kier alpha value is -1.92. The summed E-state index contributed by atoms with van der Waals surface area (Å²) in [6.07, 6.45) is -0.534. The fourth-order valence-electron chi connectivity index (χ4n) is 2.25. The number of rotatable bonds is 3. The Morgan fingerprint density at radius 3 is 3.00 bits per heavy atom. The van der Waals surface area contributed by atoms with Gasteiger partial charge in [-0.2, -0.15) is 0 Å². The number of morpholine rings is 1. The lowest BCUT2D eigenvalue weighted by atomic mass is 10.2. The van der Waals surface area contributed by atoms with E-state index in [1.165, 1.54) is 7.11 Å². The molecular weight excluding hydrogens is 288 g/mol. The summed E-state index contributed by atoms with van der Waals surface area (Å²) in [4.78, 5) is 18.3. The number of carbonyl (C=O) groups is 1. The molecule has 1 aromatic carbocycles. The molecule has 1 unspecified atom stereocenters. The standard InChI is InChI=1S/C15H16N2O3S/c1-19-14(18)13-9-17(7-8-20-13)15-16-12(10-21-15)11-5-3-2-4-6-11/h2-6,10,13H,7-9H2,1H3. The highest BCUT2D eigenvalue weighted by Crippen LogP contribution is 2.28. The van der Waals surface area contributed by atoms with Crippen LogP contribution in [0.1, 0.15) is 0 Å². The monoisotopic (exact) mass is 304 g/mol. The van der Waals surface area contributed by atoms with E-state index in [0.717, 1.165) is 22.9 Å². The highest BCUT2D eigenvalue weighted by atomic mass is 32.1. The van der Waals surface area contributed by atoms with Gasteiger partial charge in [0.1, 0.15) is 0 Å². The second-order valence-corrected chi connectivity index (χ2v) is 5.55. The number of benzene rings is 1. The molecule has 1 atom stereocenters. The first-order valence-electron chi connectivity index (χ1n) is 6.73. The van der Waals surface area contributed by atoms with Crippen LogP contribution in [0.3, 0.4) is 0 Å². The Balaban J connectivity index is 1.75.